The van der Waals surface area contributed by atoms with Gasteiger partial charge in [0.25, 0.3) is 0 Å². The maximum atomic E-state index is 5.94. The van der Waals surface area contributed by atoms with Gasteiger partial charge < -0.3 is 10.5 Å². The first-order valence-electron chi connectivity index (χ1n) is 5.25. The van der Waals surface area contributed by atoms with Gasteiger partial charge in [0.15, 0.2) is 0 Å². The highest BCUT2D eigenvalue weighted by molar-refractivity contribution is 5.77. The number of allylic oxidation sites excluding steroid dienone is 3. The summed E-state index contributed by atoms with van der Waals surface area (Å²) < 4.78 is 5.11. The Morgan fingerprint density at radius 3 is 2.62 bits per heavy atom. The van der Waals surface area contributed by atoms with Crippen LogP contribution < -0.4 is 5.73 Å². The highest BCUT2D eigenvalue weighted by atomic mass is 16.5. The first kappa shape index (κ1) is 12.1. The van der Waals surface area contributed by atoms with Crippen LogP contribution in [0.2, 0.25) is 0 Å². The van der Waals surface area contributed by atoms with Crippen molar-refractivity contribution in [2.75, 3.05) is 6.61 Å². The SMILES string of the molecule is C=C/C(=C(N)\C=C\OCC)c1ccccc1. The summed E-state index contributed by atoms with van der Waals surface area (Å²) in [4.78, 5) is 0. The maximum absolute atomic E-state index is 5.94. The van der Waals surface area contributed by atoms with Crippen molar-refractivity contribution in [3.63, 3.8) is 0 Å². The smallest absolute Gasteiger partial charge is 0.0849 e. The van der Waals surface area contributed by atoms with Crippen molar-refractivity contribution >= 4 is 5.57 Å². The summed E-state index contributed by atoms with van der Waals surface area (Å²) in [6.45, 7) is 6.34. The van der Waals surface area contributed by atoms with E-state index in [2.05, 4.69) is 6.58 Å². The van der Waals surface area contributed by atoms with Crippen molar-refractivity contribution in [1.29, 1.82) is 0 Å². The standard InChI is InChI=1S/C14H17NO/c1-3-13(12-8-6-5-7-9-12)14(15)10-11-16-4-2/h3,5-11H,1,4,15H2,2H3/b11-10+,14-13-. The van der Waals surface area contributed by atoms with Crippen LogP contribution in [0.15, 0.2) is 61.0 Å². The van der Waals surface area contributed by atoms with Crippen LogP contribution >= 0.6 is 0 Å². The van der Waals surface area contributed by atoms with Crippen LogP contribution in [-0.4, -0.2) is 6.61 Å². The highest BCUT2D eigenvalue weighted by Gasteiger charge is 1.99. The fourth-order valence-electron chi connectivity index (χ4n) is 1.33. The van der Waals surface area contributed by atoms with Gasteiger partial charge in [0.1, 0.15) is 0 Å². The normalized spacial score (nSPS) is 12.3. The minimum Gasteiger partial charge on any atom is -0.501 e. The molecule has 1 rings (SSSR count). The zero-order valence-corrected chi connectivity index (χ0v) is 9.52. The summed E-state index contributed by atoms with van der Waals surface area (Å²) in [6.07, 6.45) is 5.09. The van der Waals surface area contributed by atoms with Gasteiger partial charge in [-0.2, -0.15) is 0 Å². The quantitative estimate of drug-likeness (QED) is 0.605. The summed E-state index contributed by atoms with van der Waals surface area (Å²) in [5.74, 6) is 0. The van der Waals surface area contributed by atoms with Gasteiger partial charge in [-0.25, -0.2) is 0 Å². The number of nitrogens with two attached hydrogens (primary N) is 1. The summed E-state index contributed by atoms with van der Waals surface area (Å²) in [6, 6.07) is 9.91. The molecule has 0 saturated carbocycles. The molecule has 0 fully saturated rings. The zero-order chi connectivity index (χ0) is 11.8. The molecule has 0 radical (unpaired) electrons. The van der Waals surface area contributed by atoms with Crippen molar-refractivity contribution < 1.29 is 4.74 Å². The number of rotatable bonds is 5. The average Bonchev–Trinajstić information content (AvgIpc) is 2.32. The van der Waals surface area contributed by atoms with E-state index in [9.17, 15) is 0 Å². The Hall–Kier alpha value is -1.96. The number of hydrogen-bond acceptors (Lipinski definition) is 2. The Bertz CT molecular complexity index is 390. The van der Waals surface area contributed by atoms with Gasteiger partial charge in [0.2, 0.25) is 0 Å². The predicted molar refractivity (Wildman–Crippen MR) is 68.5 cm³/mol. The average molecular weight is 215 g/mol. The Morgan fingerprint density at radius 1 is 1.38 bits per heavy atom. The van der Waals surface area contributed by atoms with E-state index in [4.69, 9.17) is 10.5 Å². The molecule has 0 heterocycles. The van der Waals surface area contributed by atoms with Crippen LogP contribution in [0.3, 0.4) is 0 Å². The van der Waals surface area contributed by atoms with Crippen LogP contribution in [0.4, 0.5) is 0 Å². The summed E-state index contributed by atoms with van der Waals surface area (Å²) >= 11 is 0. The molecule has 0 unspecified atom stereocenters. The molecule has 2 heteroatoms. The van der Waals surface area contributed by atoms with E-state index in [0.29, 0.717) is 12.3 Å². The second kappa shape index (κ2) is 6.51. The van der Waals surface area contributed by atoms with Crippen molar-refractivity contribution in [2.24, 2.45) is 5.73 Å². The molecule has 0 spiro atoms. The zero-order valence-electron chi connectivity index (χ0n) is 9.52. The monoisotopic (exact) mass is 215 g/mol. The van der Waals surface area contributed by atoms with Crippen LogP contribution in [0.25, 0.3) is 5.57 Å². The molecule has 2 N–H and O–H groups in total. The van der Waals surface area contributed by atoms with Crippen LogP contribution in [0, 0.1) is 0 Å². The van der Waals surface area contributed by atoms with Crippen LogP contribution in [-0.2, 0) is 4.74 Å². The topological polar surface area (TPSA) is 35.2 Å². The Morgan fingerprint density at radius 2 is 2.06 bits per heavy atom. The lowest BCUT2D eigenvalue weighted by Gasteiger charge is -2.05. The minimum atomic E-state index is 0.637. The molecule has 0 atom stereocenters. The first-order chi connectivity index (χ1) is 7.79. The van der Waals surface area contributed by atoms with Gasteiger partial charge in [-0.15, -0.1) is 0 Å². The molecule has 0 aliphatic rings. The van der Waals surface area contributed by atoms with Gasteiger partial charge in [0.05, 0.1) is 12.9 Å². The van der Waals surface area contributed by atoms with Crippen LogP contribution in [0.5, 0.6) is 0 Å². The van der Waals surface area contributed by atoms with Crippen molar-refractivity contribution in [1.82, 2.24) is 0 Å². The number of ether oxygens (including phenoxy) is 1. The molecule has 0 amide bonds. The molecule has 0 aliphatic carbocycles. The summed E-state index contributed by atoms with van der Waals surface area (Å²) in [5.41, 5.74) is 8.56. The van der Waals surface area contributed by atoms with E-state index in [1.165, 1.54) is 0 Å². The molecule has 0 aromatic heterocycles. The minimum absolute atomic E-state index is 0.637. The largest absolute Gasteiger partial charge is 0.501 e. The second-order valence-electron chi connectivity index (χ2n) is 3.20. The van der Waals surface area contributed by atoms with E-state index < -0.39 is 0 Å². The Kier molecular flexibility index (Phi) is 4.93. The molecule has 16 heavy (non-hydrogen) atoms. The van der Waals surface area contributed by atoms with E-state index in [1.807, 2.05) is 37.3 Å². The molecule has 1 aromatic rings. The Labute approximate surface area is 96.7 Å². The highest BCUT2D eigenvalue weighted by Crippen LogP contribution is 2.17. The third kappa shape index (κ3) is 3.31. The van der Waals surface area contributed by atoms with E-state index >= 15 is 0 Å². The van der Waals surface area contributed by atoms with E-state index in [-0.39, 0.29) is 0 Å². The molecule has 2 nitrogen and oxygen atoms in total. The van der Waals surface area contributed by atoms with Gasteiger partial charge in [0, 0.05) is 11.3 Å². The lowest BCUT2D eigenvalue weighted by molar-refractivity contribution is 0.269. The van der Waals surface area contributed by atoms with E-state index in [1.54, 1.807) is 18.4 Å². The lowest BCUT2D eigenvalue weighted by Crippen LogP contribution is -1.98. The van der Waals surface area contributed by atoms with Crippen molar-refractivity contribution in [3.05, 3.63) is 66.6 Å². The van der Waals surface area contributed by atoms with Gasteiger partial charge in [-0.3, -0.25) is 0 Å². The number of hydrogen-bond donors (Lipinski definition) is 1. The molecule has 1 aromatic carbocycles. The number of benzene rings is 1. The molecule has 0 saturated heterocycles. The molecular weight excluding hydrogens is 198 g/mol. The predicted octanol–water partition coefficient (Wildman–Crippen LogP) is 3.09. The Balaban J connectivity index is 2.96. The maximum Gasteiger partial charge on any atom is 0.0849 e. The summed E-state index contributed by atoms with van der Waals surface area (Å²) in [5, 5.41) is 0. The second-order valence-corrected chi connectivity index (χ2v) is 3.20. The first-order valence-corrected chi connectivity index (χ1v) is 5.25. The molecule has 0 aliphatic heterocycles. The third-order valence-electron chi connectivity index (χ3n) is 2.11. The van der Waals surface area contributed by atoms with Crippen molar-refractivity contribution in [2.45, 2.75) is 6.92 Å². The van der Waals surface area contributed by atoms with Crippen LogP contribution in [0.1, 0.15) is 12.5 Å². The molecule has 84 valence electrons. The molecule has 0 bridgehead atoms. The van der Waals surface area contributed by atoms with Gasteiger partial charge in [-0.05, 0) is 18.6 Å². The van der Waals surface area contributed by atoms with Gasteiger partial charge in [-0.1, -0.05) is 43.0 Å². The lowest BCUT2D eigenvalue weighted by atomic mass is 10.0. The van der Waals surface area contributed by atoms with E-state index in [0.717, 1.165) is 11.1 Å². The summed E-state index contributed by atoms with van der Waals surface area (Å²) in [7, 11) is 0. The fraction of sp³-hybridized carbons (Fsp3) is 0.143. The van der Waals surface area contributed by atoms with Crippen molar-refractivity contribution in [3.8, 4) is 0 Å². The molecular formula is C14H17NO. The third-order valence-corrected chi connectivity index (χ3v) is 2.11. The fourth-order valence-corrected chi connectivity index (χ4v) is 1.33. The van der Waals surface area contributed by atoms with Gasteiger partial charge >= 0.3 is 0 Å².